The number of ketones is 1. The summed E-state index contributed by atoms with van der Waals surface area (Å²) in [5.74, 6) is 0.973. The standard InChI is InChI=1S/C28H27NO2/c1-18-15-19(2)26-22(16-18)13-14-28(31-26)27(3,4)23-17-21(11-12-24(23)29(28)5)25(30)20-9-7-6-8-10-20/h6-17H,1-5H3. The lowest BCUT2D eigenvalue weighted by atomic mass is 9.75. The number of hydrogen-bond acceptors (Lipinski definition) is 3. The Morgan fingerprint density at radius 2 is 1.68 bits per heavy atom. The summed E-state index contributed by atoms with van der Waals surface area (Å²) in [6.45, 7) is 8.61. The fraction of sp³-hybridized carbons (Fsp3) is 0.250. The van der Waals surface area contributed by atoms with E-state index >= 15 is 0 Å². The van der Waals surface area contributed by atoms with E-state index in [9.17, 15) is 4.79 Å². The first-order chi connectivity index (χ1) is 14.7. The van der Waals surface area contributed by atoms with Gasteiger partial charge in [-0.1, -0.05) is 42.0 Å². The molecule has 0 amide bonds. The molecular formula is C28H27NO2. The van der Waals surface area contributed by atoms with Gasteiger partial charge in [0.05, 0.1) is 5.41 Å². The zero-order valence-electron chi connectivity index (χ0n) is 18.7. The van der Waals surface area contributed by atoms with Gasteiger partial charge in [-0.15, -0.1) is 0 Å². The maximum absolute atomic E-state index is 13.1. The normalized spacial score (nSPS) is 20.4. The van der Waals surface area contributed by atoms with Gasteiger partial charge in [-0.2, -0.15) is 0 Å². The van der Waals surface area contributed by atoms with E-state index in [4.69, 9.17) is 4.74 Å². The lowest BCUT2D eigenvalue weighted by Gasteiger charge is -2.46. The van der Waals surface area contributed by atoms with E-state index in [0.29, 0.717) is 11.1 Å². The van der Waals surface area contributed by atoms with Crippen LogP contribution in [0.2, 0.25) is 0 Å². The molecule has 2 aliphatic heterocycles. The smallest absolute Gasteiger partial charge is 0.211 e. The predicted molar refractivity (Wildman–Crippen MR) is 126 cm³/mol. The largest absolute Gasteiger partial charge is 0.463 e. The van der Waals surface area contributed by atoms with Crippen LogP contribution in [0.25, 0.3) is 6.08 Å². The van der Waals surface area contributed by atoms with Gasteiger partial charge in [0.2, 0.25) is 5.72 Å². The van der Waals surface area contributed by atoms with Gasteiger partial charge in [0.25, 0.3) is 0 Å². The van der Waals surface area contributed by atoms with Gasteiger partial charge in [-0.3, -0.25) is 4.79 Å². The van der Waals surface area contributed by atoms with E-state index in [1.165, 1.54) is 5.56 Å². The summed E-state index contributed by atoms with van der Waals surface area (Å²) in [6, 6.07) is 19.8. The average Bonchev–Trinajstić information content (AvgIpc) is 2.92. The minimum absolute atomic E-state index is 0.0413. The van der Waals surface area contributed by atoms with E-state index < -0.39 is 5.72 Å². The molecule has 31 heavy (non-hydrogen) atoms. The average molecular weight is 410 g/mol. The van der Waals surface area contributed by atoms with Crippen molar-refractivity contribution >= 4 is 17.5 Å². The number of nitrogens with zero attached hydrogens (tertiary/aromatic N) is 1. The monoisotopic (exact) mass is 409 g/mol. The van der Waals surface area contributed by atoms with Crippen molar-refractivity contribution in [1.82, 2.24) is 0 Å². The number of benzene rings is 3. The lowest BCUT2D eigenvalue weighted by Crippen LogP contribution is -2.58. The quantitative estimate of drug-likeness (QED) is 0.482. The Morgan fingerprint density at radius 3 is 2.42 bits per heavy atom. The van der Waals surface area contributed by atoms with Crippen molar-refractivity contribution in [3.05, 3.63) is 100 Å². The van der Waals surface area contributed by atoms with E-state index in [0.717, 1.165) is 28.1 Å². The van der Waals surface area contributed by atoms with Crippen molar-refractivity contribution in [1.29, 1.82) is 0 Å². The maximum Gasteiger partial charge on any atom is 0.211 e. The summed E-state index contributed by atoms with van der Waals surface area (Å²) in [5.41, 5.74) is 6.08. The number of likely N-dealkylation sites (N-methyl/N-ethyl adjacent to an activating group) is 1. The van der Waals surface area contributed by atoms with Crippen LogP contribution in [0.1, 0.15) is 52.0 Å². The van der Waals surface area contributed by atoms with Crippen LogP contribution in [0.4, 0.5) is 5.69 Å². The number of aryl methyl sites for hydroxylation is 2. The fourth-order valence-corrected chi connectivity index (χ4v) is 5.18. The highest BCUT2D eigenvalue weighted by molar-refractivity contribution is 6.09. The molecule has 0 bridgehead atoms. The molecule has 156 valence electrons. The number of anilines is 1. The van der Waals surface area contributed by atoms with E-state index in [1.807, 2.05) is 42.5 Å². The summed E-state index contributed by atoms with van der Waals surface area (Å²) in [6.07, 6.45) is 4.35. The molecule has 0 radical (unpaired) electrons. The number of hydrogen-bond donors (Lipinski definition) is 0. The third kappa shape index (κ3) is 2.69. The Morgan fingerprint density at radius 1 is 0.935 bits per heavy atom. The molecule has 0 saturated carbocycles. The predicted octanol–water partition coefficient (Wildman–Crippen LogP) is 6.06. The first kappa shape index (κ1) is 19.6. The molecule has 0 saturated heterocycles. The van der Waals surface area contributed by atoms with E-state index in [1.54, 1.807) is 0 Å². The molecule has 0 aromatic heterocycles. The van der Waals surface area contributed by atoms with Crippen molar-refractivity contribution < 1.29 is 9.53 Å². The topological polar surface area (TPSA) is 29.5 Å². The van der Waals surface area contributed by atoms with Crippen molar-refractivity contribution in [2.75, 3.05) is 11.9 Å². The molecule has 1 atom stereocenters. The van der Waals surface area contributed by atoms with Gasteiger partial charge in [0.15, 0.2) is 5.78 Å². The zero-order chi connectivity index (χ0) is 22.0. The summed E-state index contributed by atoms with van der Waals surface area (Å²) in [4.78, 5) is 15.3. The Kier molecular flexibility index (Phi) is 4.17. The highest BCUT2D eigenvalue weighted by Gasteiger charge is 2.57. The molecule has 3 aromatic carbocycles. The van der Waals surface area contributed by atoms with Gasteiger partial charge in [0, 0.05) is 29.4 Å². The molecule has 1 unspecified atom stereocenters. The molecule has 1 spiro atoms. The molecule has 0 fully saturated rings. The zero-order valence-corrected chi connectivity index (χ0v) is 18.7. The summed E-state index contributed by atoms with van der Waals surface area (Å²) in [7, 11) is 2.07. The third-order valence-corrected chi connectivity index (χ3v) is 6.92. The van der Waals surface area contributed by atoms with Crippen molar-refractivity contribution in [3.8, 4) is 5.75 Å². The Balaban J connectivity index is 1.60. The van der Waals surface area contributed by atoms with E-state index in [2.05, 4.69) is 70.0 Å². The number of fused-ring (bicyclic) bond motifs is 2. The number of carbonyl (C=O) groups excluding carboxylic acids is 1. The second-order valence-corrected chi connectivity index (χ2v) is 9.24. The summed E-state index contributed by atoms with van der Waals surface area (Å²) >= 11 is 0. The molecule has 0 aliphatic carbocycles. The number of rotatable bonds is 2. The molecule has 5 rings (SSSR count). The first-order valence-corrected chi connectivity index (χ1v) is 10.7. The second-order valence-electron chi connectivity index (χ2n) is 9.24. The minimum atomic E-state index is -0.656. The van der Waals surface area contributed by atoms with Crippen LogP contribution in [0.3, 0.4) is 0 Å². The van der Waals surface area contributed by atoms with Crippen LogP contribution in [0.15, 0.2) is 66.7 Å². The van der Waals surface area contributed by atoms with Gasteiger partial charge >= 0.3 is 0 Å². The number of ether oxygens (including phenoxy) is 1. The van der Waals surface area contributed by atoms with Crippen LogP contribution in [0, 0.1) is 13.8 Å². The van der Waals surface area contributed by atoms with Crippen molar-refractivity contribution in [3.63, 3.8) is 0 Å². The lowest BCUT2D eigenvalue weighted by molar-refractivity contribution is 0.0574. The molecular weight excluding hydrogens is 382 g/mol. The highest BCUT2D eigenvalue weighted by Crippen LogP contribution is 2.54. The summed E-state index contributed by atoms with van der Waals surface area (Å²) in [5, 5.41) is 0. The van der Waals surface area contributed by atoms with Crippen LogP contribution in [-0.4, -0.2) is 18.6 Å². The number of carbonyl (C=O) groups is 1. The van der Waals surface area contributed by atoms with Gasteiger partial charge in [-0.25, -0.2) is 0 Å². The Bertz CT molecular complexity index is 1240. The highest BCUT2D eigenvalue weighted by atomic mass is 16.5. The Hall–Kier alpha value is -3.33. The molecule has 3 nitrogen and oxygen atoms in total. The molecule has 3 heteroatoms. The van der Waals surface area contributed by atoms with Gasteiger partial charge in [0.1, 0.15) is 5.75 Å². The first-order valence-electron chi connectivity index (χ1n) is 10.7. The molecule has 2 heterocycles. The molecule has 3 aromatic rings. The van der Waals surface area contributed by atoms with Gasteiger partial charge < -0.3 is 9.64 Å². The van der Waals surface area contributed by atoms with Crippen LogP contribution in [-0.2, 0) is 5.41 Å². The molecule has 0 N–H and O–H groups in total. The summed E-state index contributed by atoms with van der Waals surface area (Å²) < 4.78 is 6.82. The second kappa shape index (κ2) is 6.58. The van der Waals surface area contributed by atoms with Crippen LogP contribution in [0.5, 0.6) is 5.75 Å². The third-order valence-electron chi connectivity index (χ3n) is 6.92. The van der Waals surface area contributed by atoms with Crippen LogP contribution >= 0.6 is 0 Å². The van der Waals surface area contributed by atoms with Crippen LogP contribution < -0.4 is 9.64 Å². The van der Waals surface area contributed by atoms with Gasteiger partial charge in [-0.05, 0) is 75.2 Å². The SMILES string of the molecule is Cc1cc(C)c2c(c1)C=CC1(O2)N(C)c2ccc(C(=O)c3ccccc3)cc2C1(C)C. The van der Waals surface area contributed by atoms with Crippen molar-refractivity contribution in [2.24, 2.45) is 0 Å². The molecule has 2 aliphatic rings. The minimum Gasteiger partial charge on any atom is -0.463 e. The van der Waals surface area contributed by atoms with Crippen molar-refractivity contribution in [2.45, 2.75) is 38.8 Å². The van der Waals surface area contributed by atoms with E-state index in [-0.39, 0.29) is 11.2 Å². The Labute approximate surface area is 184 Å². The maximum atomic E-state index is 13.1. The fourth-order valence-electron chi connectivity index (χ4n) is 5.18.